The summed E-state index contributed by atoms with van der Waals surface area (Å²) in [6.07, 6.45) is 0. The maximum atomic E-state index is 12.8. The summed E-state index contributed by atoms with van der Waals surface area (Å²) < 4.78 is 32.1. The van der Waals surface area contributed by atoms with E-state index in [4.69, 9.17) is 27.9 Å². The highest BCUT2D eigenvalue weighted by molar-refractivity contribution is 7.89. The molecule has 1 amide bonds. The van der Waals surface area contributed by atoms with Crippen LogP contribution in [0.2, 0.25) is 10.0 Å². The van der Waals surface area contributed by atoms with Crippen molar-refractivity contribution in [3.8, 4) is 5.75 Å². The molecule has 0 atom stereocenters. The Morgan fingerprint density at radius 2 is 1.62 bits per heavy atom. The number of carbonyl (C=O) groups is 1. The SMILES string of the molecule is COc1ccc(S(=O)(=O)N2CCN(CC(=O)Nc3cc(Cl)cc(Cl)c3)CC2)cc1. The largest absolute Gasteiger partial charge is 0.497 e. The quantitative estimate of drug-likeness (QED) is 0.720. The summed E-state index contributed by atoms with van der Waals surface area (Å²) in [5.74, 6) is 0.385. The summed E-state index contributed by atoms with van der Waals surface area (Å²) in [6.45, 7) is 1.69. The van der Waals surface area contributed by atoms with E-state index in [0.29, 0.717) is 47.7 Å². The topological polar surface area (TPSA) is 79.0 Å². The second-order valence-electron chi connectivity index (χ2n) is 6.56. The molecule has 7 nitrogen and oxygen atoms in total. The maximum absolute atomic E-state index is 12.8. The summed E-state index contributed by atoms with van der Waals surface area (Å²) >= 11 is 11.9. The minimum atomic E-state index is -3.58. The van der Waals surface area contributed by atoms with E-state index in [1.165, 1.54) is 23.5 Å². The number of nitrogens with one attached hydrogen (secondary N) is 1. The van der Waals surface area contributed by atoms with E-state index in [1.54, 1.807) is 30.3 Å². The molecule has 10 heteroatoms. The minimum absolute atomic E-state index is 0.153. The molecule has 0 unspecified atom stereocenters. The lowest BCUT2D eigenvalue weighted by Gasteiger charge is -2.33. The first-order valence-electron chi connectivity index (χ1n) is 8.90. The first-order valence-corrected chi connectivity index (χ1v) is 11.1. The van der Waals surface area contributed by atoms with Crippen LogP contribution in [0.5, 0.6) is 5.75 Å². The number of hydrogen-bond acceptors (Lipinski definition) is 5. The van der Waals surface area contributed by atoms with E-state index >= 15 is 0 Å². The fraction of sp³-hybridized carbons (Fsp3) is 0.316. The molecule has 0 spiro atoms. The predicted molar refractivity (Wildman–Crippen MR) is 113 cm³/mol. The smallest absolute Gasteiger partial charge is 0.243 e. The van der Waals surface area contributed by atoms with Crippen LogP contribution in [0.4, 0.5) is 5.69 Å². The minimum Gasteiger partial charge on any atom is -0.497 e. The third-order valence-electron chi connectivity index (χ3n) is 4.54. The summed E-state index contributed by atoms with van der Waals surface area (Å²) in [5.41, 5.74) is 0.521. The summed E-state index contributed by atoms with van der Waals surface area (Å²) in [5, 5.41) is 3.63. The molecule has 156 valence electrons. The van der Waals surface area contributed by atoms with Gasteiger partial charge in [-0.05, 0) is 42.5 Å². The molecule has 1 aliphatic rings. The molecule has 2 aromatic carbocycles. The number of ether oxygens (including phenoxy) is 1. The molecule has 0 saturated carbocycles. The molecule has 1 saturated heterocycles. The van der Waals surface area contributed by atoms with Gasteiger partial charge in [0, 0.05) is 41.9 Å². The van der Waals surface area contributed by atoms with Gasteiger partial charge in [0.25, 0.3) is 0 Å². The van der Waals surface area contributed by atoms with Crippen LogP contribution in [0.1, 0.15) is 0 Å². The van der Waals surface area contributed by atoms with Crippen molar-refractivity contribution in [2.24, 2.45) is 0 Å². The van der Waals surface area contributed by atoms with Crippen LogP contribution in [0.3, 0.4) is 0 Å². The van der Waals surface area contributed by atoms with Crippen molar-refractivity contribution in [2.75, 3.05) is 45.2 Å². The Labute approximate surface area is 180 Å². The molecule has 0 aromatic heterocycles. The molecular weight excluding hydrogens is 437 g/mol. The molecular formula is C19H21Cl2N3O4S. The highest BCUT2D eigenvalue weighted by Gasteiger charge is 2.29. The zero-order valence-electron chi connectivity index (χ0n) is 15.8. The van der Waals surface area contributed by atoms with Crippen LogP contribution in [0, 0.1) is 0 Å². The van der Waals surface area contributed by atoms with Crippen molar-refractivity contribution in [1.29, 1.82) is 0 Å². The zero-order valence-corrected chi connectivity index (χ0v) is 18.1. The molecule has 0 aliphatic carbocycles. The normalized spacial score (nSPS) is 15.8. The number of benzene rings is 2. The Bertz CT molecular complexity index is 955. The molecule has 2 aromatic rings. The highest BCUT2D eigenvalue weighted by Crippen LogP contribution is 2.23. The van der Waals surface area contributed by atoms with Crippen molar-refractivity contribution in [3.63, 3.8) is 0 Å². The van der Waals surface area contributed by atoms with Gasteiger partial charge in [0.2, 0.25) is 15.9 Å². The lowest BCUT2D eigenvalue weighted by Crippen LogP contribution is -2.50. The van der Waals surface area contributed by atoms with Gasteiger partial charge in [-0.1, -0.05) is 23.2 Å². The zero-order chi connectivity index (χ0) is 21.0. The molecule has 1 heterocycles. The third-order valence-corrected chi connectivity index (χ3v) is 6.89. The Kier molecular flexibility index (Phi) is 7.02. The van der Waals surface area contributed by atoms with Crippen LogP contribution in [-0.2, 0) is 14.8 Å². The lowest BCUT2D eigenvalue weighted by molar-refractivity contribution is -0.117. The van der Waals surface area contributed by atoms with E-state index in [2.05, 4.69) is 5.32 Å². The van der Waals surface area contributed by atoms with Crippen LogP contribution in [0.15, 0.2) is 47.4 Å². The van der Waals surface area contributed by atoms with Gasteiger partial charge in [-0.3, -0.25) is 9.69 Å². The van der Waals surface area contributed by atoms with Crippen LogP contribution < -0.4 is 10.1 Å². The Morgan fingerprint density at radius 1 is 1.03 bits per heavy atom. The van der Waals surface area contributed by atoms with E-state index in [0.717, 1.165) is 0 Å². The van der Waals surface area contributed by atoms with Gasteiger partial charge in [-0.15, -0.1) is 0 Å². The average Bonchev–Trinajstić information content (AvgIpc) is 2.67. The second kappa shape index (κ2) is 9.32. The molecule has 1 fully saturated rings. The lowest BCUT2D eigenvalue weighted by atomic mass is 10.3. The van der Waals surface area contributed by atoms with Crippen molar-refractivity contribution < 1.29 is 17.9 Å². The average molecular weight is 458 g/mol. The maximum Gasteiger partial charge on any atom is 0.243 e. The summed E-state index contributed by atoms with van der Waals surface area (Å²) in [4.78, 5) is 14.4. The van der Waals surface area contributed by atoms with E-state index < -0.39 is 10.0 Å². The number of carbonyl (C=O) groups excluding carboxylic acids is 1. The van der Waals surface area contributed by atoms with Crippen molar-refractivity contribution in [3.05, 3.63) is 52.5 Å². The van der Waals surface area contributed by atoms with Gasteiger partial charge in [0.05, 0.1) is 18.6 Å². The van der Waals surface area contributed by atoms with Crippen LogP contribution >= 0.6 is 23.2 Å². The van der Waals surface area contributed by atoms with Gasteiger partial charge in [-0.2, -0.15) is 4.31 Å². The molecule has 1 N–H and O–H groups in total. The van der Waals surface area contributed by atoms with E-state index in [1.807, 2.05) is 4.90 Å². The highest BCUT2D eigenvalue weighted by atomic mass is 35.5. The van der Waals surface area contributed by atoms with Crippen molar-refractivity contribution in [2.45, 2.75) is 4.90 Å². The number of anilines is 1. The van der Waals surface area contributed by atoms with Crippen molar-refractivity contribution in [1.82, 2.24) is 9.21 Å². The number of hydrogen-bond donors (Lipinski definition) is 1. The number of amides is 1. The first kappa shape index (κ1) is 21.9. The van der Waals surface area contributed by atoms with Gasteiger partial charge in [0.1, 0.15) is 5.75 Å². The number of sulfonamides is 1. The van der Waals surface area contributed by atoms with Crippen LogP contribution in [-0.4, -0.2) is 63.4 Å². The molecule has 0 bridgehead atoms. The van der Waals surface area contributed by atoms with Gasteiger partial charge in [0.15, 0.2) is 0 Å². The van der Waals surface area contributed by atoms with Gasteiger partial charge >= 0.3 is 0 Å². The van der Waals surface area contributed by atoms with Gasteiger partial charge < -0.3 is 10.1 Å². The fourth-order valence-electron chi connectivity index (χ4n) is 3.05. The number of halogens is 2. The molecule has 1 aliphatic heterocycles. The Morgan fingerprint density at radius 3 is 2.17 bits per heavy atom. The predicted octanol–water partition coefficient (Wildman–Crippen LogP) is 2.95. The molecule has 0 radical (unpaired) electrons. The number of rotatable bonds is 6. The van der Waals surface area contributed by atoms with Crippen molar-refractivity contribution >= 4 is 44.8 Å². The third kappa shape index (κ3) is 5.61. The fourth-order valence-corrected chi connectivity index (χ4v) is 5.00. The molecule has 3 rings (SSSR count). The summed E-state index contributed by atoms with van der Waals surface area (Å²) in [7, 11) is -2.05. The second-order valence-corrected chi connectivity index (χ2v) is 9.37. The standard InChI is InChI=1S/C19H21Cl2N3O4S/c1-28-17-2-4-18(5-3-17)29(26,27)24-8-6-23(7-9-24)13-19(25)22-16-11-14(20)10-15(21)12-16/h2-5,10-12H,6-9,13H2,1H3,(H,22,25). The van der Waals surface area contributed by atoms with Crippen LogP contribution in [0.25, 0.3) is 0 Å². The monoisotopic (exact) mass is 457 g/mol. The molecule has 29 heavy (non-hydrogen) atoms. The van der Waals surface area contributed by atoms with E-state index in [9.17, 15) is 13.2 Å². The summed E-state index contributed by atoms with van der Waals surface area (Å²) in [6, 6.07) is 11.1. The number of nitrogens with zero attached hydrogens (tertiary/aromatic N) is 2. The number of piperazine rings is 1. The Hall–Kier alpha value is -1.84. The Balaban J connectivity index is 1.54. The van der Waals surface area contributed by atoms with E-state index in [-0.39, 0.29) is 17.3 Å². The first-order chi connectivity index (χ1) is 13.8. The number of methoxy groups -OCH3 is 1. The van der Waals surface area contributed by atoms with Gasteiger partial charge in [-0.25, -0.2) is 8.42 Å².